The van der Waals surface area contributed by atoms with Crippen molar-refractivity contribution in [1.82, 2.24) is 10.3 Å². The summed E-state index contributed by atoms with van der Waals surface area (Å²) in [7, 11) is 0. The van der Waals surface area contributed by atoms with E-state index in [2.05, 4.69) is 40.6 Å². The van der Waals surface area contributed by atoms with Gasteiger partial charge in [-0.2, -0.15) is 0 Å². The molecule has 20 heavy (non-hydrogen) atoms. The summed E-state index contributed by atoms with van der Waals surface area (Å²) >= 11 is 0. The molecule has 1 aromatic carbocycles. The molecule has 2 aliphatic rings. The topological polar surface area (TPSA) is 24.9 Å². The second kappa shape index (κ2) is 5.17. The van der Waals surface area contributed by atoms with Gasteiger partial charge >= 0.3 is 0 Å². The van der Waals surface area contributed by atoms with Gasteiger partial charge in [0.2, 0.25) is 0 Å². The van der Waals surface area contributed by atoms with E-state index in [0.29, 0.717) is 0 Å². The molecule has 0 spiro atoms. The zero-order valence-electron chi connectivity index (χ0n) is 11.9. The zero-order chi connectivity index (χ0) is 13.4. The molecule has 2 fully saturated rings. The summed E-state index contributed by atoms with van der Waals surface area (Å²) < 4.78 is 0. The number of rotatable bonds is 5. The van der Waals surface area contributed by atoms with Crippen molar-refractivity contribution in [1.29, 1.82) is 0 Å². The van der Waals surface area contributed by atoms with Gasteiger partial charge in [0.1, 0.15) is 0 Å². The Hall–Kier alpha value is -1.41. The minimum absolute atomic E-state index is 0.845. The van der Waals surface area contributed by atoms with Gasteiger partial charge in [-0.05, 0) is 68.2 Å². The smallest absolute Gasteiger partial charge is 0.0704 e. The lowest BCUT2D eigenvalue weighted by atomic mass is 9.70. The Bertz CT molecular complexity index is 598. The van der Waals surface area contributed by atoms with Crippen LogP contribution in [0.1, 0.15) is 31.2 Å². The van der Waals surface area contributed by atoms with Crippen molar-refractivity contribution in [2.75, 3.05) is 6.54 Å². The molecule has 2 aliphatic carbocycles. The van der Waals surface area contributed by atoms with E-state index >= 15 is 0 Å². The highest BCUT2D eigenvalue weighted by atomic mass is 14.9. The Balaban J connectivity index is 1.46. The lowest BCUT2D eigenvalue weighted by molar-refractivity contribution is 0.171. The first-order valence-electron chi connectivity index (χ1n) is 7.96. The largest absolute Gasteiger partial charge is 0.314 e. The van der Waals surface area contributed by atoms with Gasteiger partial charge in [-0.25, -0.2) is 0 Å². The van der Waals surface area contributed by atoms with Crippen LogP contribution in [-0.2, 0) is 6.42 Å². The molecule has 2 atom stereocenters. The number of hydrogen-bond acceptors (Lipinski definition) is 2. The standard InChI is InChI=1S/C18H22N2/c1-2-4-18-17(3-1)14(9-10-19-18)11-13-5-6-15(13)12-20-16-7-8-16/h1-4,9-10,13,15-16,20H,5-8,11-12H2. The maximum absolute atomic E-state index is 4.47. The van der Waals surface area contributed by atoms with Gasteiger partial charge in [-0.1, -0.05) is 18.2 Å². The summed E-state index contributed by atoms with van der Waals surface area (Å²) in [6.07, 6.45) is 8.79. The van der Waals surface area contributed by atoms with E-state index < -0.39 is 0 Å². The third-order valence-corrected chi connectivity index (χ3v) is 5.04. The lowest BCUT2D eigenvalue weighted by Crippen LogP contribution is -2.37. The van der Waals surface area contributed by atoms with Crippen LogP contribution in [0.3, 0.4) is 0 Å². The van der Waals surface area contributed by atoms with Gasteiger partial charge in [0.05, 0.1) is 5.52 Å². The average Bonchev–Trinajstić information content (AvgIpc) is 3.28. The highest BCUT2D eigenvalue weighted by Gasteiger charge is 2.32. The first-order chi connectivity index (χ1) is 9.90. The van der Waals surface area contributed by atoms with Crippen LogP contribution in [0.25, 0.3) is 10.9 Å². The van der Waals surface area contributed by atoms with Gasteiger partial charge in [-0.3, -0.25) is 4.98 Å². The molecule has 0 saturated heterocycles. The molecule has 2 unspecified atom stereocenters. The van der Waals surface area contributed by atoms with E-state index in [1.54, 1.807) is 0 Å². The van der Waals surface area contributed by atoms with Crippen LogP contribution in [0, 0.1) is 11.8 Å². The van der Waals surface area contributed by atoms with Crippen LogP contribution >= 0.6 is 0 Å². The highest BCUT2D eigenvalue weighted by molar-refractivity contribution is 5.81. The zero-order valence-corrected chi connectivity index (χ0v) is 11.9. The molecular formula is C18H22N2. The molecule has 0 radical (unpaired) electrons. The quantitative estimate of drug-likeness (QED) is 0.895. The number of benzene rings is 1. The molecule has 0 bridgehead atoms. The number of fused-ring (bicyclic) bond motifs is 1. The van der Waals surface area contributed by atoms with E-state index in [4.69, 9.17) is 0 Å². The first-order valence-corrected chi connectivity index (χ1v) is 7.96. The molecule has 1 heterocycles. The number of hydrogen-bond donors (Lipinski definition) is 1. The molecule has 2 saturated carbocycles. The summed E-state index contributed by atoms with van der Waals surface area (Å²) in [4.78, 5) is 4.47. The molecule has 1 N–H and O–H groups in total. The van der Waals surface area contributed by atoms with Crippen molar-refractivity contribution in [3.63, 3.8) is 0 Å². The highest BCUT2D eigenvalue weighted by Crippen LogP contribution is 2.38. The second-order valence-electron chi connectivity index (χ2n) is 6.47. The third kappa shape index (κ3) is 2.45. The van der Waals surface area contributed by atoms with Crippen LogP contribution in [0.5, 0.6) is 0 Å². The Morgan fingerprint density at radius 3 is 2.65 bits per heavy atom. The predicted molar refractivity (Wildman–Crippen MR) is 82.7 cm³/mol. The Morgan fingerprint density at radius 1 is 1.00 bits per heavy atom. The Labute approximate surface area is 120 Å². The molecule has 2 heteroatoms. The molecule has 0 aliphatic heterocycles. The minimum Gasteiger partial charge on any atom is -0.314 e. The number of pyridine rings is 1. The van der Waals surface area contributed by atoms with E-state index in [1.165, 1.54) is 49.6 Å². The van der Waals surface area contributed by atoms with Crippen molar-refractivity contribution in [3.8, 4) is 0 Å². The van der Waals surface area contributed by atoms with Gasteiger partial charge in [-0.15, -0.1) is 0 Å². The number of nitrogens with one attached hydrogen (secondary N) is 1. The van der Waals surface area contributed by atoms with Crippen LogP contribution in [0.4, 0.5) is 0 Å². The molecule has 2 aromatic rings. The molecule has 1 aromatic heterocycles. The van der Waals surface area contributed by atoms with Crippen molar-refractivity contribution < 1.29 is 0 Å². The van der Waals surface area contributed by atoms with Crippen molar-refractivity contribution in [3.05, 3.63) is 42.1 Å². The predicted octanol–water partition coefficient (Wildman–Crippen LogP) is 3.56. The summed E-state index contributed by atoms with van der Waals surface area (Å²) in [5.41, 5.74) is 2.62. The summed E-state index contributed by atoms with van der Waals surface area (Å²) in [5.74, 6) is 1.76. The van der Waals surface area contributed by atoms with E-state index in [1.807, 2.05) is 6.20 Å². The normalized spacial score (nSPS) is 25.6. The minimum atomic E-state index is 0.845. The van der Waals surface area contributed by atoms with Crippen molar-refractivity contribution >= 4 is 10.9 Å². The molecular weight excluding hydrogens is 244 g/mol. The maximum atomic E-state index is 4.47. The van der Waals surface area contributed by atoms with E-state index in [9.17, 15) is 0 Å². The van der Waals surface area contributed by atoms with Crippen LogP contribution < -0.4 is 5.32 Å². The molecule has 0 amide bonds. The van der Waals surface area contributed by atoms with E-state index in [0.717, 1.165) is 23.4 Å². The van der Waals surface area contributed by atoms with Gasteiger partial charge in [0, 0.05) is 17.6 Å². The second-order valence-corrected chi connectivity index (χ2v) is 6.47. The van der Waals surface area contributed by atoms with Crippen molar-refractivity contribution in [2.24, 2.45) is 11.8 Å². The van der Waals surface area contributed by atoms with Crippen molar-refractivity contribution in [2.45, 2.75) is 38.1 Å². The fourth-order valence-electron chi connectivity index (χ4n) is 3.40. The number of aromatic nitrogens is 1. The van der Waals surface area contributed by atoms with Gasteiger partial charge < -0.3 is 5.32 Å². The lowest BCUT2D eigenvalue weighted by Gasteiger charge is -2.37. The molecule has 2 nitrogen and oxygen atoms in total. The van der Waals surface area contributed by atoms with Crippen LogP contribution in [0.2, 0.25) is 0 Å². The first kappa shape index (κ1) is 12.3. The Kier molecular flexibility index (Phi) is 3.19. The van der Waals surface area contributed by atoms with Gasteiger partial charge in [0.25, 0.3) is 0 Å². The third-order valence-electron chi connectivity index (χ3n) is 5.04. The van der Waals surface area contributed by atoms with Crippen LogP contribution in [-0.4, -0.2) is 17.6 Å². The summed E-state index contributed by atoms with van der Waals surface area (Å²) in [6.45, 7) is 1.23. The number of nitrogens with zero attached hydrogens (tertiary/aromatic N) is 1. The SMILES string of the molecule is c1ccc2c(CC3CCC3CNC3CC3)ccnc2c1. The monoisotopic (exact) mass is 266 g/mol. The van der Waals surface area contributed by atoms with E-state index in [-0.39, 0.29) is 0 Å². The summed E-state index contributed by atoms with van der Waals surface area (Å²) in [5, 5.41) is 5.04. The summed E-state index contributed by atoms with van der Waals surface area (Å²) in [6, 6.07) is 11.6. The maximum Gasteiger partial charge on any atom is 0.0704 e. The Morgan fingerprint density at radius 2 is 1.85 bits per heavy atom. The van der Waals surface area contributed by atoms with Crippen LogP contribution in [0.15, 0.2) is 36.5 Å². The van der Waals surface area contributed by atoms with Gasteiger partial charge in [0.15, 0.2) is 0 Å². The molecule has 104 valence electrons. The fourth-order valence-corrected chi connectivity index (χ4v) is 3.40. The average molecular weight is 266 g/mol. The molecule has 4 rings (SSSR count). The number of para-hydroxylation sites is 1. The fraction of sp³-hybridized carbons (Fsp3) is 0.500.